The third-order valence-corrected chi connectivity index (χ3v) is 3.21. The average molecular weight is 303 g/mol. The van der Waals surface area contributed by atoms with E-state index in [-0.39, 0.29) is 24.9 Å². The molecule has 0 saturated carbocycles. The van der Waals surface area contributed by atoms with Crippen molar-refractivity contribution in [1.29, 1.82) is 0 Å². The van der Waals surface area contributed by atoms with Crippen LogP contribution in [-0.4, -0.2) is 24.2 Å². The highest BCUT2D eigenvalue weighted by atomic mass is 19.1. The fourth-order valence-corrected chi connectivity index (χ4v) is 1.90. The van der Waals surface area contributed by atoms with Gasteiger partial charge in [0, 0.05) is 0 Å². The second kappa shape index (κ2) is 7.04. The number of ether oxygens (including phenoxy) is 1. The molecule has 116 valence electrons. The number of rotatable bonds is 6. The topological polar surface area (TPSA) is 58.6 Å². The lowest BCUT2D eigenvalue weighted by molar-refractivity contribution is -0.124. The molecule has 2 aromatic carbocycles. The molecule has 2 N–H and O–H groups in total. The SMILES string of the molecule is C[C@](O)(CNC(=O)COc1ccc(F)cc1)c1ccccc1. The first kappa shape index (κ1) is 16.0. The van der Waals surface area contributed by atoms with Gasteiger partial charge in [-0.2, -0.15) is 0 Å². The number of benzene rings is 2. The standard InChI is InChI=1S/C17H18FNO3/c1-17(21,13-5-3-2-4-6-13)12-19-16(20)11-22-15-9-7-14(18)8-10-15/h2-10,21H,11-12H2,1H3,(H,19,20)/t17-/m0/s1. The minimum atomic E-state index is -1.16. The molecule has 0 heterocycles. The third kappa shape index (κ3) is 4.56. The molecule has 0 fully saturated rings. The molecule has 0 spiro atoms. The Morgan fingerprint density at radius 2 is 1.82 bits per heavy atom. The van der Waals surface area contributed by atoms with Crippen LogP contribution in [0.3, 0.4) is 0 Å². The number of hydrogen-bond donors (Lipinski definition) is 2. The van der Waals surface area contributed by atoms with E-state index in [4.69, 9.17) is 4.74 Å². The lowest BCUT2D eigenvalue weighted by atomic mass is 9.96. The number of aliphatic hydroxyl groups is 1. The van der Waals surface area contributed by atoms with Crippen LogP contribution in [0.15, 0.2) is 54.6 Å². The normalized spacial score (nSPS) is 13.2. The van der Waals surface area contributed by atoms with E-state index in [0.717, 1.165) is 5.56 Å². The maximum atomic E-state index is 12.7. The molecule has 0 aromatic heterocycles. The largest absolute Gasteiger partial charge is 0.484 e. The van der Waals surface area contributed by atoms with Crippen LogP contribution in [0.5, 0.6) is 5.75 Å². The van der Waals surface area contributed by atoms with Gasteiger partial charge < -0.3 is 15.2 Å². The van der Waals surface area contributed by atoms with Gasteiger partial charge in [-0.05, 0) is 36.8 Å². The van der Waals surface area contributed by atoms with E-state index in [2.05, 4.69) is 5.32 Å². The zero-order valence-electron chi connectivity index (χ0n) is 12.3. The Morgan fingerprint density at radius 1 is 1.18 bits per heavy atom. The highest BCUT2D eigenvalue weighted by Crippen LogP contribution is 2.18. The summed E-state index contributed by atoms with van der Waals surface area (Å²) in [5.41, 5.74) is -0.443. The Bertz CT molecular complexity index is 612. The zero-order chi connectivity index (χ0) is 16.0. The molecule has 2 aromatic rings. The smallest absolute Gasteiger partial charge is 0.258 e. The second-order valence-corrected chi connectivity index (χ2v) is 5.16. The molecule has 4 nitrogen and oxygen atoms in total. The summed E-state index contributed by atoms with van der Waals surface area (Å²) < 4.78 is 18.0. The fraction of sp³-hybridized carbons (Fsp3) is 0.235. The van der Waals surface area contributed by atoms with Gasteiger partial charge in [-0.3, -0.25) is 4.79 Å². The van der Waals surface area contributed by atoms with Crippen molar-refractivity contribution < 1.29 is 19.0 Å². The van der Waals surface area contributed by atoms with Crippen molar-refractivity contribution in [3.05, 3.63) is 66.0 Å². The third-order valence-electron chi connectivity index (χ3n) is 3.21. The van der Waals surface area contributed by atoms with Crippen molar-refractivity contribution in [2.75, 3.05) is 13.2 Å². The number of nitrogens with one attached hydrogen (secondary N) is 1. The first-order valence-electron chi connectivity index (χ1n) is 6.90. The Kier molecular flexibility index (Phi) is 5.12. The summed E-state index contributed by atoms with van der Waals surface area (Å²) in [6.07, 6.45) is 0. The van der Waals surface area contributed by atoms with Crippen LogP contribution in [0.1, 0.15) is 12.5 Å². The van der Waals surface area contributed by atoms with Crippen molar-refractivity contribution in [3.8, 4) is 5.75 Å². The molecule has 1 amide bonds. The lowest BCUT2D eigenvalue weighted by Crippen LogP contribution is -2.40. The molecule has 5 heteroatoms. The average Bonchev–Trinajstić information content (AvgIpc) is 2.53. The highest BCUT2D eigenvalue weighted by molar-refractivity contribution is 5.77. The van der Waals surface area contributed by atoms with Gasteiger partial charge in [0.25, 0.3) is 5.91 Å². The van der Waals surface area contributed by atoms with Gasteiger partial charge in [0.15, 0.2) is 6.61 Å². The molecular weight excluding hydrogens is 285 g/mol. The van der Waals surface area contributed by atoms with Gasteiger partial charge in [0.1, 0.15) is 17.2 Å². The van der Waals surface area contributed by atoms with Crippen molar-refractivity contribution in [2.45, 2.75) is 12.5 Å². The van der Waals surface area contributed by atoms with E-state index in [0.29, 0.717) is 5.75 Å². The summed E-state index contributed by atoms with van der Waals surface area (Å²) in [5.74, 6) is -0.317. The number of halogens is 1. The summed E-state index contributed by atoms with van der Waals surface area (Å²) in [4.78, 5) is 11.7. The van der Waals surface area contributed by atoms with Crippen LogP contribution in [0.2, 0.25) is 0 Å². The predicted octanol–water partition coefficient (Wildman–Crippen LogP) is 2.23. The first-order valence-corrected chi connectivity index (χ1v) is 6.90. The molecule has 22 heavy (non-hydrogen) atoms. The van der Waals surface area contributed by atoms with E-state index in [9.17, 15) is 14.3 Å². The second-order valence-electron chi connectivity index (χ2n) is 5.16. The number of amides is 1. The molecule has 0 aliphatic rings. The summed E-state index contributed by atoms with van der Waals surface area (Å²) in [5, 5.41) is 13.0. The van der Waals surface area contributed by atoms with Gasteiger partial charge >= 0.3 is 0 Å². The van der Waals surface area contributed by atoms with E-state index in [1.807, 2.05) is 18.2 Å². The predicted molar refractivity (Wildman–Crippen MR) is 80.9 cm³/mol. The monoisotopic (exact) mass is 303 g/mol. The summed E-state index contributed by atoms with van der Waals surface area (Å²) in [6.45, 7) is 1.50. The maximum absolute atomic E-state index is 12.7. The van der Waals surface area contributed by atoms with E-state index >= 15 is 0 Å². The Labute approximate surface area is 128 Å². The highest BCUT2D eigenvalue weighted by Gasteiger charge is 2.23. The van der Waals surface area contributed by atoms with E-state index in [1.54, 1.807) is 19.1 Å². The molecule has 0 unspecified atom stereocenters. The number of carbonyl (C=O) groups excluding carboxylic acids is 1. The fourth-order valence-electron chi connectivity index (χ4n) is 1.90. The van der Waals surface area contributed by atoms with Crippen molar-refractivity contribution in [2.24, 2.45) is 0 Å². The van der Waals surface area contributed by atoms with E-state index < -0.39 is 5.60 Å². The Morgan fingerprint density at radius 3 is 2.45 bits per heavy atom. The summed E-state index contributed by atoms with van der Waals surface area (Å²) in [7, 11) is 0. The summed E-state index contributed by atoms with van der Waals surface area (Å²) >= 11 is 0. The van der Waals surface area contributed by atoms with Crippen LogP contribution in [0.4, 0.5) is 4.39 Å². The molecule has 0 aliphatic heterocycles. The van der Waals surface area contributed by atoms with Gasteiger partial charge in [0.05, 0.1) is 6.54 Å². The maximum Gasteiger partial charge on any atom is 0.258 e. The van der Waals surface area contributed by atoms with Gasteiger partial charge in [0.2, 0.25) is 0 Å². The summed E-state index contributed by atoms with van der Waals surface area (Å²) in [6, 6.07) is 14.5. The van der Waals surface area contributed by atoms with Crippen LogP contribution in [-0.2, 0) is 10.4 Å². The first-order chi connectivity index (χ1) is 10.5. The van der Waals surface area contributed by atoms with Gasteiger partial charge in [-0.15, -0.1) is 0 Å². The van der Waals surface area contributed by atoms with E-state index in [1.165, 1.54) is 24.3 Å². The molecule has 0 bridgehead atoms. The molecule has 1 atom stereocenters. The Balaban J connectivity index is 1.81. The van der Waals surface area contributed by atoms with Crippen LogP contribution < -0.4 is 10.1 Å². The Hall–Kier alpha value is -2.40. The van der Waals surface area contributed by atoms with Crippen molar-refractivity contribution in [3.63, 3.8) is 0 Å². The van der Waals surface area contributed by atoms with Crippen molar-refractivity contribution in [1.82, 2.24) is 5.32 Å². The molecule has 0 saturated heterocycles. The minimum Gasteiger partial charge on any atom is -0.484 e. The lowest BCUT2D eigenvalue weighted by Gasteiger charge is -2.24. The van der Waals surface area contributed by atoms with Gasteiger partial charge in [-0.25, -0.2) is 4.39 Å². The molecule has 0 radical (unpaired) electrons. The molecule has 0 aliphatic carbocycles. The van der Waals surface area contributed by atoms with Crippen molar-refractivity contribution >= 4 is 5.91 Å². The number of hydrogen-bond acceptors (Lipinski definition) is 3. The van der Waals surface area contributed by atoms with Crippen LogP contribution >= 0.6 is 0 Å². The quantitative estimate of drug-likeness (QED) is 0.860. The minimum absolute atomic E-state index is 0.0720. The molecular formula is C17H18FNO3. The number of carbonyl (C=O) groups is 1. The van der Waals surface area contributed by atoms with Gasteiger partial charge in [-0.1, -0.05) is 30.3 Å². The van der Waals surface area contributed by atoms with Crippen LogP contribution in [0.25, 0.3) is 0 Å². The zero-order valence-corrected chi connectivity index (χ0v) is 12.3. The van der Waals surface area contributed by atoms with Crippen LogP contribution in [0, 0.1) is 5.82 Å². The molecule has 2 rings (SSSR count).